The average Bonchev–Trinajstić information content (AvgIpc) is 3.22. The molecule has 3 aromatic rings. The number of carbonyl (C=O) groups excluding carboxylic acids is 2. The van der Waals surface area contributed by atoms with Gasteiger partial charge in [0.1, 0.15) is 0 Å². The third kappa shape index (κ3) is 5.43. The van der Waals surface area contributed by atoms with Crippen LogP contribution in [-0.2, 0) is 11.3 Å². The second-order valence-electron chi connectivity index (χ2n) is 5.70. The third-order valence-electron chi connectivity index (χ3n) is 3.74. The van der Waals surface area contributed by atoms with Crippen molar-refractivity contribution in [1.29, 1.82) is 0 Å². The zero-order valence-electron chi connectivity index (χ0n) is 14.3. The van der Waals surface area contributed by atoms with Gasteiger partial charge in [0.15, 0.2) is 5.76 Å². The lowest BCUT2D eigenvalue weighted by Gasteiger charge is -2.06. The van der Waals surface area contributed by atoms with Crippen molar-refractivity contribution in [3.63, 3.8) is 0 Å². The molecule has 0 spiro atoms. The van der Waals surface area contributed by atoms with Gasteiger partial charge in [-0.3, -0.25) is 9.59 Å². The molecule has 0 atom stereocenters. The van der Waals surface area contributed by atoms with Crippen LogP contribution in [0.4, 0.5) is 5.69 Å². The summed E-state index contributed by atoms with van der Waals surface area (Å²) in [7, 11) is 0. The molecular formula is C21H17BrN2O3. The fraction of sp³-hybridized carbons (Fsp3) is 0.0476. The molecule has 0 aliphatic rings. The minimum Gasteiger partial charge on any atom is -0.459 e. The number of halogens is 1. The van der Waals surface area contributed by atoms with Crippen LogP contribution in [0.1, 0.15) is 21.7 Å². The molecule has 0 radical (unpaired) electrons. The van der Waals surface area contributed by atoms with E-state index in [-0.39, 0.29) is 17.6 Å². The van der Waals surface area contributed by atoms with Gasteiger partial charge in [-0.2, -0.15) is 0 Å². The largest absolute Gasteiger partial charge is 0.459 e. The lowest BCUT2D eigenvalue weighted by Crippen LogP contribution is -2.20. The molecule has 2 amide bonds. The first-order valence-corrected chi connectivity index (χ1v) is 9.05. The van der Waals surface area contributed by atoms with E-state index in [4.69, 9.17) is 4.42 Å². The van der Waals surface area contributed by atoms with Gasteiger partial charge in [0.25, 0.3) is 5.91 Å². The zero-order chi connectivity index (χ0) is 19.1. The second kappa shape index (κ2) is 9.00. The molecule has 0 saturated heterocycles. The van der Waals surface area contributed by atoms with Crippen molar-refractivity contribution in [2.45, 2.75) is 6.54 Å². The van der Waals surface area contributed by atoms with Crippen molar-refractivity contribution in [2.75, 3.05) is 5.32 Å². The van der Waals surface area contributed by atoms with Gasteiger partial charge in [-0.25, -0.2) is 0 Å². The van der Waals surface area contributed by atoms with E-state index in [9.17, 15) is 9.59 Å². The summed E-state index contributed by atoms with van der Waals surface area (Å²) in [6.07, 6.45) is 4.70. The second-order valence-corrected chi connectivity index (χ2v) is 6.56. The van der Waals surface area contributed by atoms with Crippen LogP contribution in [0.15, 0.2) is 81.9 Å². The quantitative estimate of drug-likeness (QED) is 0.566. The SMILES string of the molecule is O=C(/C=C/c1ccccc1Br)NCc1ccc(NC(=O)c2ccco2)cc1. The molecule has 136 valence electrons. The summed E-state index contributed by atoms with van der Waals surface area (Å²) in [6, 6.07) is 18.2. The van der Waals surface area contributed by atoms with Gasteiger partial charge >= 0.3 is 0 Å². The summed E-state index contributed by atoms with van der Waals surface area (Å²) < 4.78 is 5.98. The highest BCUT2D eigenvalue weighted by Gasteiger charge is 2.08. The first-order chi connectivity index (χ1) is 13.1. The van der Waals surface area contributed by atoms with Gasteiger partial charge in [0, 0.05) is 22.8 Å². The number of hydrogen-bond donors (Lipinski definition) is 2. The highest BCUT2D eigenvalue weighted by Crippen LogP contribution is 2.17. The molecule has 0 aliphatic carbocycles. The molecule has 3 rings (SSSR count). The zero-order valence-corrected chi connectivity index (χ0v) is 15.9. The smallest absolute Gasteiger partial charge is 0.291 e. The number of nitrogens with one attached hydrogen (secondary N) is 2. The molecule has 0 saturated carbocycles. The fourth-order valence-corrected chi connectivity index (χ4v) is 2.75. The van der Waals surface area contributed by atoms with Crippen LogP contribution in [0, 0.1) is 0 Å². The molecule has 27 heavy (non-hydrogen) atoms. The van der Waals surface area contributed by atoms with E-state index in [2.05, 4.69) is 26.6 Å². The molecule has 1 aromatic heterocycles. The molecule has 1 heterocycles. The number of anilines is 1. The van der Waals surface area contributed by atoms with Crippen molar-refractivity contribution < 1.29 is 14.0 Å². The minimum atomic E-state index is -0.307. The predicted molar refractivity (Wildman–Crippen MR) is 108 cm³/mol. The van der Waals surface area contributed by atoms with E-state index < -0.39 is 0 Å². The highest BCUT2D eigenvalue weighted by molar-refractivity contribution is 9.10. The fourth-order valence-electron chi connectivity index (χ4n) is 2.33. The van der Waals surface area contributed by atoms with E-state index in [1.165, 1.54) is 12.3 Å². The lowest BCUT2D eigenvalue weighted by molar-refractivity contribution is -0.116. The summed E-state index contributed by atoms with van der Waals surface area (Å²) in [5.74, 6) is -0.234. The van der Waals surface area contributed by atoms with E-state index in [1.54, 1.807) is 30.3 Å². The van der Waals surface area contributed by atoms with Crippen LogP contribution in [0.5, 0.6) is 0 Å². The van der Waals surface area contributed by atoms with Gasteiger partial charge in [-0.15, -0.1) is 0 Å². The number of hydrogen-bond acceptors (Lipinski definition) is 3. The Morgan fingerprint density at radius 2 is 1.78 bits per heavy atom. The Bertz CT molecular complexity index is 948. The minimum absolute atomic E-state index is 0.180. The maximum atomic E-state index is 12.0. The maximum Gasteiger partial charge on any atom is 0.291 e. The van der Waals surface area contributed by atoms with Crippen LogP contribution >= 0.6 is 15.9 Å². The van der Waals surface area contributed by atoms with Crippen LogP contribution in [0.2, 0.25) is 0 Å². The van der Waals surface area contributed by atoms with Crippen molar-refractivity contribution in [2.24, 2.45) is 0 Å². The van der Waals surface area contributed by atoms with Crippen molar-refractivity contribution in [3.8, 4) is 0 Å². The first-order valence-electron chi connectivity index (χ1n) is 8.26. The third-order valence-corrected chi connectivity index (χ3v) is 4.47. The lowest BCUT2D eigenvalue weighted by atomic mass is 10.2. The van der Waals surface area contributed by atoms with Gasteiger partial charge in [0.2, 0.25) is 5.91 Å². The van der Waals surface area contributed by atoms with E-state index in [0.717, 1.165) is 15.6 Å². The molecule has 2 aromatic carbocycles. The van der Waals surface area contributed by atoms with E-state index in [0.29, 0.717) is 12.2 Å². The van der Waals surface area contributed by atoms with Crippen molar-refractivity contribution in [1.82, 2.24) is 5.32 Å². The Morgan fingerprint density at radius 1 is 1.00 bits per heavy atom. The number of amides is 2. The Balaban J connectivity index is 1.50. The molecular weight excluding hydrogens is 408 g/mol. The molecule has 0 fully saturated rings. The monoisotopic (exact) mass is 424 g/mol. The number of rotatable bonds is 6. The average molecular weight is 425 g/mol. The number of benzene rings is 2. The topological polar surface area (TPSA) is 71.3 Å². The van der Waals surface area contributed by atoms with E-state index >= 15 is 0 Å². The van der Waals surface area contributed by atoms with Crippen LogP contribution in [0.3, 0.4) is 0 Å². The Morgan fingerprint density at radius 3 is 2.48 bits per heavy atom. The van der Waals surface area contributed by atoms with Crippen LogP contribution in [-0.4, -0.2) is 11.8 Å². The first kappa shape index (κ1) is 18.7. The molecule has 5 nitrogen and oxygen atoms in total. The molecule has 0 bridgehead atoms. The molecule has 0 unspecified atom stereocenters. The summed E-state index contributed by atoms with van der Waals surface area (Å²) >= 11 is 3.44. The summed E-state index contributed by atoms with van der Waals surface area (Å²) in [5, 5.41) is 5.57. The number of furan rings is 1. The van der Waals surface area contributed by atoms with Gasteiger partial charge in [-0.05, 0) is 47.5 Å². The Kier molecular flexibility index (Phi) is 6.22. The Hall–Kier alpha value is -3.12. The predicted octanol–water partition coefficient (Wildman–Crippen LogP) is 4.62. The summed E-state index contributed by atoms with van der Waals surface area (Å²) in [4.78, 5) is 23.9. The summed E-state index contributed by atoms with van der Waals surface area (Å²) in [6.45, 7) is 0.394. The molecule has 2 N–H and O–H groups in total. The van der Waals surface area contributed by atoms with Gasteiger partial charge < -0.3 is 15.1 Å². The van der Waals surface area contributed by atoms with E-state index in [1.807, 2.05) is 36.4 Å². The van der Waals surface area contributed by atoms with Crippen LogP contribution in [0.25, 0.3) is 6.08 Å². The Labute approximate surface area is 165 Å². The van der Waals surface area contributed by atoms with Crippen molar-refractivity contribution >= 4 is 39.5 Å². The normalized spacial score (nSPS) is 10.7. The van der Waals surface area contributed by atoms with Gasteiger partial charge in [0.05, 0.1) is 6.26 Å². The maximum absolute atomic E-state index is 12.0. The van der Waals surface area contributed by atoms with Gasteiger partial charge in [-0.1, -0.05) is 46.3 Å². The standard InChI is InChI=1S/C21H17BrN2O3/c22-18-5-2-1-4-16(18)9-12-20(25)23-14-15-7-10-17(11-8-15)24-21(26)19-6-3-13-27-19/h1-13H,14H2,(H,23,25)(H,24,26)/b12-9+. The van der Waals surface area contributed by atoms with Crippen LogP contribution < -0.4 is 10.6 Å². The molecule has 0 aliphatic heterocycles. The highest BCUT2D eigenvalue weighted by atomic mass is 79.9. The van der Waals surface area contributed by atoms with Crippen molar-refractivity contribution in [3.05, 3.63) is 94.4 Å². The molecule has 6 heteroatoms. The number of carbonyl (C=O) groups is 2. The summed E-state index contributed by atoms with van der Waals surface area (Å²) in [5.41, 5.74) is 2.51.